The Labute approximate surface area is 130 Å². The zero-order chi connectivity index (χ0) is 15.9. The van der Waals surface area contributed by atoms with Crippen molar-refractivity contribution in [3.63, 3.8) is 0 Å². The number of hydrogen-bond donors (Lipinski definition) is 2. The number of amides is 2. The number of carbonyl (C=O) groups is 1. The summed E-state index contributed by atoms with van der Waals surface area (Å²) < 4.78 is 5.68. The fourth-order valence-electron chi connectivity index (χ4n) is 2.06. The average Bonchev–Trinajstić information content (AvgIpc) is 2.53. The van der Waals surface area contributed by atoms with Crippen molar-refractivity contribution in [2.24, 2.45) is 0 Å². The van der Waals surface area contributed by atoms with E-state index in [2.05, 4.69) is 21.7 Å². The van der Waals surface area contributed by atoms with Crippen LogP contribution in [0.3, 0.4) is 0 Å². The molecular formula is C17H21N3O2. The third kappa shape index (κ3) is 4.22. The van der Waals surface area contributed by atoms with Gasteiger partial charge in [-0.2, -0.15) is 0 Å². The van der Waals surface area contributed by atoms with Crippen molar-refractivity contribution in [2.45, 2.75) is 27.3 Å². The first-order valence-corrected chi connectivity index (χ1v) is 7.19. The number of carbonyl (C=O) groups excluding carboxylic acids is 1. The second-order valence-electron chi connectivity index (χ2n) is 5.12. The van der Waals surface area contributed by atoms with E-state index in [4.69, 9.17) is 4.74 Å². The molecule has 2 amide bonds. The summed E-state index contributed by atoms with van der Waals surface area (Å²) in [5.41, 5.74) is 4.12. The summed E-state index contributed by atoms with van der Waals surface area (Å²) in [5, 5.41) is 5.41. The maximum absolute atomic E-state index is 11.7. The van der Waals surface area contributed by atoms with E-state index in [0.29, 0.717) is 6.54 Å². The Hall–Kier alpha value is -2.56. The second-order valence-corrected chi connectivity index (χ2v) is 5.12. The Morgan fingerprint density at radius 2 is 1.86 bits per heavy atom. The zero-order valence-electron chi connectivity index (χ0n) is 13.1. The van der Waals surface area contributed by atoms with Crippen LogP contribution in [0.4, 0.5) is 4.79 Å². The molecule has 0 atom stereocenters. The van der Waals surface area contributed by atoms with E-state index in [9.17, 15) is 4.79 Å². The van der Waals surface area contributed by atoms with Gasteiger partial charge < -0.3 is 15.4 Å². The number of aromatic nitrogens is 1. The maximum atomic E-state index is 11.7. The van der Waals surface area contributed by atoms with E-state index in [-0.39, 0.29) is 12.8 Å². The van der Waals surface area contributed by atoms with Crippen molar-refractivity contribution >= 4 is 6.03 Å². The lowest BCUT2D eigenvalue weighted by Crippen LogP contribution is -2.37. The smallest absolute Gasteiger partial charge is 0.317 e. The molecule has 0 aliphatic carbocycles. The molecule has 1 heterocycles. The summed E-state index contributed by atoms with van der Waals surface area (Å²) in [4.78, 5) is 15.9. The minimum Gasteiger partial charge on any atom is -0.473 e. The first-order valence-electron chi connectivity index (χ1n) is 7.19. The van der Waals surface area contributed by atoms with Gasteiger partial charge in [0.25, 0.3) is 0 Å². The number of ether oxygens (including phenoxy) is 1. The van der Waals surface area contributed by atoms with E-state index >= 15 is 0 Å². The van der Waals surface area contributed by atoms with Gasteiger partial charge in [-0.15, -0.1) is 0 Å². The Morgan fingerprint density at radius 3 is 2.59 bits per heavy atom. The molecule has 5 heteroatoms. The fourth-order valence-corrected chi connectivity index (χ4v) is 2.06. The molecule has 1 aromatic heterocycles. The van der Waals surface area contributed by atoms with Crippen molar-refractivity contribution < 1.29 is 9.53 Å². The van der Waals surface area contributed by atoms with Gasteiger partial charge >= 0.3 is 6.03 Å². The Morgan fingerprint density at radius 1 is 1.09 bits per heavy atom. The number of pyridine rings is 1. The third-order valence-electron chi connectivity index (χ3n) is 3.48. The number of benzene rings is 1. The van der Waals surface area contributed by atoms with Crippen molar-refractivity contribution in [1.82, 2.24) is 15.6 Å². The van der Waals surface area contributed by atoms with Crippen LogP contribution in [-0.2, 0) is 6.54 Å². The molecule has 0 bridgehead atoms. The normalized spacial score (nSPS) is 10.1. The number of aryl methyl sites for hydroxylation is 2. The number of rotatable bonds is 5. The molecule has 2 rings (SSSR count). The van der Waals surface area contributed by atoms with Gasteiger partial charge in [0.2, 0.25) is 0 Å². The van der Waals surface area contributed by atoms with Crippen LogP contribution in [0.25, 0.3) is 0 Å². The van der Waals surface area contributed by atoms with E-state index in [1.807, 2.05) is 45.0 Å². The largest absolute Gasteiger partial charge is 0.473 e. The molecule has 0 saturated heterocycles. The van der Waals surface area contributed by atoms with E-state index in [1.165, 1.54) is 5.56 Å². The molecule has 0 saturated carbocycles. The minimum absolute atomic E-state index is 0.124. The van der Waals surface area contributed by atoms with Gasteiger partial charge in [0.15, 0.2) is 6.73 Å². The summed E-state index contributed by atoms with van der Waals surface area (Å²) in [6.45, 7) is 6.55. The van der Waals surface area contributed by atoms with Crippen LogP contribution in [0, 0.1) is 20.8 Å². The Kier molecular flexibility index (Phi) is 5.36. The molecule has 0 unspecified atom stereocenters. The Bertz CT molecular complexity index is 642. The second kappa shape index (κ2) is 7.45. The summed E-state index contributed by atoms with van der Waals surface area (Å²) in [5.74, 6) is 0.824. The highest BCUT2D eigenvalue weighted by Gasteiger charge is 2.07. The van der Waals surface area contributed by atoms with Gasteiger partial charge in [0, 0.05) is 6.20 Å². The molecule has 0 aliphatic rings. The summed E-state index contributed by atoms with van der Waals surface area (Å²) >= 11 is 0. The van der Waals surface area contributed by atoms with Crippen LogP contribution in [0.2, 0.25) is 0 Å². The van der Waals surface area contributed by atoms with E-state index in [0.717, 1.165) is 22.6 Å². The van der Waals surface area contributed by atoms with Crippen LogP contribution in [0.5, 0.6) is 5.75 Å². The topological polar surface area (TPSA) is 63.2 Å². The van der Waals surface area contributed by atoms with Crippen LogP contribution in [-0.4, -0.2) is 17.7 Å². The summed E-state index contributed by atoms with van der Waals surface area (Å²) in [6, 6.07) is 9.37. The predicted octanol–water partition coefficient (Wildman–Crippen LogP) is 2.84. The van der Waals surface area contributed by atoms with Crippen molar-refractivity contribution in [1.29, 1.82) is 0 Å². The highest BCUT2D eigenvalue weighted by molar-refractivity contribution is 5.73. The standard InChI is InChI=1S/C17H21N3O2/c1-12-7-8-13(2)16(14(12)3)22-11-20-17(21)19-10-15-6-4-5-9-18-15/h4-9H,10-11H2,1-3H3,(H2,19,20,21). The molecule has 2 aromatic rings. The summed E-state index contributed by atoms with van der Waals surface area (Å²) in [7, 11) is 0. The Balaban J connectivity index is 1.79. The van der Waals surface area contributed by atoms with Gasteiger partial charge in [-0.05, 0) is 49.6 Å². The highest BCUT2D eigenvalue weighted by atomic mass is 16.5. The van der Waals surface area contributed by atoms with Crippen LogP contribution in [0.1, 0.15) is 22.4 Å². The number of nitrogens with zero attached hydrogens (tertiary/aromatic N) is 1. The molecule has 1 aromatic carbocycles. The van der Waals surface area contributed by atoms with Gasteiger partial charge in [0.05, 0.1) is 12.2 Å². The molecule has 0 radical (unpaired) electrons. The first kappa shape index (κ1) is 15.8. The lowest BCUT2D eigenvalue weighted by atomic mass is 10.1. The monoisotopic (exact) mass is 299 g/mol. The molecule has 2 N–H and O–H groups in total. The van der Waals surface area contributed by atoms with Gasteiger partial charge in [0.1, 0.15) is 5.75 Å². The molecular weight excluding hydrogens is 278 g/mol. The van der Waals surface area contributed by atoms with Crippen LogP contribution < -0.4 is 15.4 Å². The molecule has 0 fully saturated rings. The van der Waals surface area contributed by atoms with E-state index < -0.39 is 0 Å². The number of urea groups is 1. The summed E-state index contributed by atoms with van der Waals surface area (Å²) in [6.07, 6.45) is 1.70. The van der Waals surface area contributed by atoms with Crippen molar-refractivity contribution in [3.8, 4) is 5.75 Å². The van der Waals surface area contributed by atoms with Crippen LogP contribution in [0.15, 0.2) is 36.5 Å². The highest BCUT2D eigenvalue weighted by Crippen LogP contribution is 2.25. The molecule has 0 spiro atoms. The van der Waals surface area contributed by atoms with Crippen molar-refractivity contribution in [2.75, 3.05) is 6.73 Å². The lowest BCUT2D eigenvalue weighted by Gasteiger charge is -2.14. The quantitative estimate of drug-likeness (QED) is 0.834. The molecule has 0 aliphatic heterocycles. The lowest BCUT2D eigenvalue weighted by molar-refractivity contribution is 0.223. The van der Waals surface area contributed by atoms with Crippen molar-refractivity contribution in [3.05, 3.63) is 58.9 Å². The predicted molar refractivity (Wildman–Crippen MR) is 85.8 cm³/mol. The fraction of sp³-hybridized carbons (Fsp3) is 0.294. The van der Waals surface area contributed by atoms with Gasteiger partial charge in [-0.3, -0.25) is 4.98 Å². The molecule has 22 heavy (non-hydrogen) atoms. The van der Waals surface area contributed by atoms with E-state index in [1.54, 1.807) is 6.20 Å². The van der Waals surface area contributed by atoms with Crippen LogP contribution >= 0.6 is 0 Å². The van der Waals surface area contributed by atoms with Gasteiger partial charge in [-0.25, -0.2) is 4.79 Å². The SMILES string of the molecule is Cc1ccc(C)c(OCNC(=O)NCc2ccccn2)c1C. The minimum atomic E-state index is -0.284. The number of nitrogens with one attached hydrogen (secondary N) is 2. The first-order chi connectivity index (χ1) is 10.6. The zero-order valence-corrected chi connectivity index (χ0v) is 13.1. The average molecular weight is 299 g/mol. The molecule has 5 nitrogen and oxygen atoms in total. The molecule has 116 valence electrons. The number of hydrogen-bond acceptors (Lipinski definition) is 3. The maximum Gasteiger partial charge on any atom is 0.317 e. The van der Waals surface area contributed by atoms with Gasteiger partial charge in [-0.1, -0.05) is 18.2 Å². The third-order valence-corrected chi connectivity index (χ3v) is 3.48.